The highest BCUT2D eigenvalue weighted by Gasteiger charge is 2.14. The van der Waals surface area contributed by atoms with Crippen molar-refractivity contribution in [2.75, 3.05) is 5.32 Å². The largest absolute Gasteiger partial charge is 0.481 e. The Morgan fingerprint density at radius 1 is 1.16 bits per heavy atom. The third kappa shape index (κ3) is 7.45. The predicted molar refractivity (Wildman–Crippen MR) is 133 cm³/mol. The van der Waals surface area contributed by atoms with Crippen molar-refractivity contribution in [3.63, 3.8) is 0 Å². The Bertz CT molecular complexity index is 1000. The molecule has 31 heavy (non-hydrogen) atoms. The summed E-state index contributed by atoms with van der Waals surface area (Å²) >= 11 is 5.37. The number of anilines is 1. The molecule has 1 atom stereocenters. The normalized spacial score (nSPS) is 11.7. The molecule has 1 aromatic carbocycles. The van der Waals surface area contributed by atoms with Crippen LogP contribution in [0.5, 0.6) is 0 Å². The van der Waals surface area contributed by atoms with Crippen molar-refractivity contribution in [3.8, 4) is 11.3 Å². The lowest BCUT2D eigenvalue weighted by atomic mass is 10.1. The van der Waals surface area contributed by atoms with Crippen LogP contribution in [-0.4, -0.2) is 33.3 Å². The number of nitrogens with one attached hydrogen (secondary N) is 3. The summed E-state index contributed by atoms with van der Waals surface area (Å²) in [5, 5.41) is 19.3. The molecule has 0 saturated carbocycles. The SMILES string of the molecule is CC(=O)O.CCC(C)NCc1cccc2c3cccc(NC(=S)NC(C)C)cc-3nc12. The number of thiocarbonyl (C=S) groups is 1. The predicted octanol–water partition coefficient (Wildman–Crippen LogP) is 5.01. The van der Waals surface area contributed by atoms with Gasteiger partial charge in [0.25, 0.3) is 5.97 Å². The molecular weight excluding hydrogens is 408 g/mol. The van der Waals surface area contributed by atoms with E-state index in [4.69, 9.17) is 27.1 Å². The molecule has 7 heteroatoms. The van der Waals surface area contributed by atoms with Gasteiger partial charge in [0.1, 0.15) is 0 Å². The Morgan fingerprint density at radius 3 is 2.48 bits per heavy atom. The first-order valence-corrected chi connectivity index (χ1v) is 10.9. The monoisotopic (exact) mass is 440 g/mol. The maximum Gasteiger partial charge on any atom is 0.300 e. The van der Waals surface area contributed by atoms with Crippen LogP contribution in [0, 0.1) is 0 Å². The maximum atomic E-state index is 9.00. The standard InChI is InChI=1S/C22H28N4S.C2H4O2/c1-5-15(4)23-13-16-8-6-11-19-18-10-7-9-17(12-20(18)26-21(16)19)25-22(27)24-14(2)3;1-2(3)4/h6-12,14-15,23H,5,13H2,1-4H3,(H2,24,25,27);1H3,(H,3,4). The van der Waals surface area contributed by atoms with E-state index < -0.39 is 5.97 Å². The zero-order chi connectivity index (χ0) is 23.0. The summed E-state index contributed by atoms with van der Waals surface area (Å²) in [7, 11) is 0. The van der Waals surface area contributed by atoms with E-state index in [0.29, 0.717) is 17.2 Å². The van der Waals surface area contributed by atoms with Gasteiger partial charge in [0.15, 0.2) is 5.11 Å². The van der Waals surface area contributed by atoms with Gasteiger partial charge in [0.2, 0.25) is 0 Å². The van der Waals surface area contributed by atoms with Crippen LogP contribution in [0.4, 0.5) is 5.69 Å². The van der Waals surface area contributed by atoms with Gasteiger partial charge in [-0.05, 0) is 57.1 Å². The number of hydrogen-bond donors (Lipinski definition) is 4. The van der Waals surface area contributed by atoms with Crippen molar-refractivity contribution in [2.24, 2.45) is 0 Å². The van der Waals surface area contributed by atoms with Gasteiger partial charge in [-0.1, -0.05) is 37.3 Å². The molecule has 4 N–H and O–H groups in total. The summed E-state index contributed by atoms with van der Waals surface area (Å²) in [6, 6.07) is 15.5. The van der Waals surface area contributed by atoms with E-state index in [2.05, 4.69) is 74.0 Å². The molecule has 3 rings (SSSR count). The number of aromatic nitrogens is 1. The number of hydrogen-bond acceptors (Lipinski definition) is 4. The minimum atomic E-state index is -0.833. The molecule has 0 bridgehead atoms. The van der Waals surface area contributed by atoms with Crippen molar-refractivity contribution >= 4 is 39.9 Å². The van der Waals surface area contributed by atoms with E-state index in [0.717, 1.165) is 42.4 Å². The van der Waals surface area contributed by atoms with Gasteiger partial charge in [0.05, 0.1) is 11.2 Å². The smallest absolute Gasteiger partial charge is 0.300 e. The fraction of sp³-hybridized carbons (Fsp3) is 0.375. The number of rotatable bonds is 6. The number of nitrogens with zero attached hydrogens (tertiary/aromatic N) is 1. The van der Waals surface area contributed by atoms with Gasteiger partial charge >= 0.3 is 0 Å². The second-order valence-corrected chi connectivity index (χ2v) is 8.22. The van der Waals surface area contributed by atoms with E-state index in [1.54, 1.807) is 0 Å². The lowest BCUT2D eigenvalue weighted by Gasteiger charge is -2.12. The van der Waals surface area contributed by atoms with Gasteiger partial charge in [-0.25, -0.2) is 4.98 Å². The number of carboxylic acid groups (broad SMARTS) is 1. The van der Waals surface area contributed by atoms with Crippen LogP contribution in [0.15, 0.2) is 42.5 Å². The van der Waals surface area contributed by atoms with E-state index >= 15 is 0 Å². The Kier molecular flexibility index (Phi) is 9.15. The lowest BCUT2D eigenvalue weighted by Crippen LogP contribution is -2.33. The zero-order valence-corrected chi connectivity index (χ0v) is 19.6. The van der Waals surface area contributed by atoms with Crippen LogP contribution in [0.3, 0.4) is 0 Å². The molecule has 1 aromatic rings. The average Bonchev–Trinajstić information content (AvgIpc) is 2.90. The molecule has 1 heterocycles. The Balaban J connectivity index is 0.000000785. The van der Waals surface area contributed by atoms with Gasteiger partial charge in [-0.3, -0.25) is 4.79 Å². The molecule has 0 fully saturated rings. The molecule has 0 radical (unpaired) electrons. The first-order chi connectivity index (χ1) is 14.7. The summed E-state index contributed by atoms with van der Waals surface area (Å²) in [6.07, 6.45) is 1.11. The van der Waals surface area contributed by atoms with Gasteiger partial charge in [0, 0.05) is 42.2 Å². The van der Waals surface area contributed by atoms with Crippen molar-refractivity contribution in [1.82, 2.24) is 15.6 Å². The van der Waals surface area contributed by atoms with Crippen molar-refractivity contribution in [3.05, 3.63) is 48.0 Å². The Hall–Kier alpha value is -2.77. The van der Waals surface area contributed by atoms with Crippen LogP contribution in [0.25, 0.3) is 22.2 Å². The van der Waals surface area contributed by atoms with Crippen LogP contribution in [-0.2, 0) is 11.3 Å². The van der Waals surface area contributed by atoms with E-state index in [1.807, 2.05) is 12.1 Å². The summed E-state index contributed by atoms with van der Waals surface area (Å²) in [6.45, 7) is 10.5. The fourth-order valence-corrected chi connectivity index (χ4v) is 3.42. The first kappa shape index (κ1) is 24.5. The minimum absolute atomic E-state index is 0.294. The minimum Gasteiger partial charge on any atom is -0.481 e. The number of carboxylic acids is 1. The molecule has 2 aliphatic rings. The zero-order valence-electron chi connectivity index (χ0n) is 18.8. The molecule has 0 spiro atoms. The molecule has 0 saturated heterocycles. The first-order valence-electron chi connectivity index (χ1n) is 10.5. The third-order valence-electron chi connectivity index (χ3n) is 4.68. The number of aliphatic carboxylic acids is 1. The molecule has 6 nitrogen and oxygen atoms in total. The Labute approximate surface area is 189 Å². The van der Waals surface area contributed by atoms with Crippen molar-refractivity contribution < 1.29 is 9.90 Å². The summed E-state index contributed by atoms with van der Waals surface area (Å²) < 4.78 is 0. The number of carbonyl (C=O) groups is 1. The fourth-order valence-electron chi connectivity index (χ4n) is 3.07. The average molecular weight is 441 g/mol. The summed E-state index contributed by atoms with van der Waals surface area (Å²) in [5.74, 6) is -0.833. The topological polar surface area (TPSA) is 86.3 Å². The van der Waals surface area contributed by atoms with Crippen LogP contribution in [0.1, 0.15) is 46.6 Å². The van der Waals surface area contributed by atoms with Gasteiger partial charge in [-0.15, -0.1) is 0 Å². The molecular formula is C24H32N4O2S. The van der Waals surface area contributed by atoms with Crippen molar-refractivity contribution in [2.45, 2.75) is 59.7 Å². The molecule has 1 aliphatic heterocycles. The molecule has 1 aliphatic carbocycles. The Morgan fingerprint density at radius 2 is 1.84 bits per heavy atom. The molecule has 166 valence electrons. The third-order valence-corrected chi connectivity index (χ3v) is 4.90. The van der Waals surface area contributed by atoms with Gasteiger partial charge < -0.3 is 21.1 Å². The second-order valence-electron chi connectivity index (χ2n) is 7.81. The lowest BCUT2D eigenvalue weighted by molar-refractivity contribution is -0.134. The van der Waals surface area contributed by atoms with Crippen LogP contribution >= 0.6 is 12.2 Å². The van der Waals surface area contributed by atoms with E-state index in [1.165, 1.54) is 10.9 Å². The highest BCUT2D eigenvalue weighted by Crippen LogP contribution is 2.33. The van der Waals surface area contributed by atoms with Crippen LogP contribution in [0.2, 0.25) is 0 Å². The maximum absolute atomic E-state index is 9.00. The number of para-hydroxylation sites is 1. The number of benzene rings is 1. The van der Waals surface area contributed by atoms with Gasteiger partial charge in [-0.2, -0.15) is 0 Å². The highest BCUT2D eigenvalue weighted by atomic mass is 32.1. The van der Waals surface area contributed by atoms with Crippen molar-refractivity contribution in [1.29, 1.82) is 0 Å². The van der Waals surface area contributed by atoms with E-state index in [9.17, 15) is 0 Å². The summed E-state index contributed by atoms with van der Waals surface area (Å²) in [5.41, 5.74) is 5.37. The second kappa shape index (κ2) is 11.6. The molecule has 1 unspecified atom stereocenters. The van der Waals surface area contributed by atoms with E-state index in [-0.39, 0.29) is 0 Å². The molecule has 0 aromatic heterocycles. The number of fused-ring (bicyclic) bond motifs is 3. The van der Waals surface area contributed by atoms with Crippen LogP contribution < -0.4 is 16.0 Å². The molecule has 0 amide bonds. The highest BCUT2D eigenvalue weighted by molar-refractivity contribution is 7.80. The summed E-state index contributed by atoms with van der Waals surface area (Å²) in [4.78, 5) is 13.9. The quantitative estimate of drug-likeness (QED) is 0.401.